The van der Waals surface area contributed by atoms with E-state index in [1.165, 1.54) is 0 Å². The molecule has 59 heavy (non-hydrogen) atoms. The predicted octanol–water partition coefficient (Wildman–Crippen LogP) is 3.42. The first-order valence-corrected chi connectivity index (χ1v) is 20.0. The maximum atomic E-state index is 13.7. The molecule has 0 aromatic carbocycles. The van der Waals surface area contributed by atoms with Crippen molar-refractivity contribution >= 4 is 47.8 Å². The Morgan fingerprint density at radius 2 is 0.932 bits per heavy atom. The van der Waals surface area contributed by atoms with Crippen LogP contribution in [0, 0.1) is 17.8 Å². The maximum absolute atomic E-state index is 13.7. The van der Waals surface area contributed by atoms with Gasteiger partial charge < -0.3 is 52.1 Å². The van der Waals surface area contributed by atoms with Gasteiger partial charge in [-0.15, -0.1) is 0 Å². The number of carbonyl (C=O) groups excluding carboxylic acids is 8. The summed E-state index contributed by atoms with van der Waals surface area (Å²) in [7, 11) is 0. The van der Waals surface area contributed by atoms with E-state index in [1.54, 1.807) is 6.92 Å². The third-order valence-electron chi connectivity index (χ3n) is 9.77. The predicted molar refractivity (Wildman–Crippen MR) is 200 cm³/mol. The van der Waals surface area contributed by atoms with Crippen LogP contribution in [0.1, 0.15) is 115 Å². The lowest BCUT2D eigenvalue weighted by Gasteiger charge is -2.47. The molecule has 0 radical (unpaired) electrons. The van der Waals surface area contributed by atoms with Crippen LogP contribution < -0.4 is 0 Å². The Kier molecular flexibility index (Phi) is 20.7. The second kappa shape index (κ2) is 24.0. The molecule has 0 aromatic heterocycles. The van der Waals surface area contributed by atoms with Gasteiger partial charge in [-0.25, -0.2) is 0 Å². The fraction of sp³-hybridized carbons (Fsp3) is 0.800. The number of esters is 8. The summed E-state index contributed by atoms with van der Waals surface area (Å²) in [5, 5.41) is 0. The van der Waals surface area contributed by atoms with Crippen molar-refractivity contribution in [1.82, 2.24) is 0 Å². The summed E-state index contributed by atoms with van der Waals surface area (Å²) in [6, 6.07) is 0. The Labute approximate surface area is 345 Å². The van der Waals surface area contributed by atoms with E-state index >= 15 is 0 Å². The van der Waals surface area contributed by atoms with Crippen LogP contribution in [0.2, 0.25) is 0 Å². The van der Waals surface area contributed by atoms with Gasteiger partial charge >= 0.3 is 47.8 Å². The van der Waals surface area contributed by atoms with Crippen LogP contribution in [0.4, 0.5) is 0 Å². The van der Waals surface area contributed by atoms with E-state index in [1.807, 2.05) is 34.6 Å². The monoisotopic (exact) mass is 846 g/mol. The van der Waals surface area contributed by atoms with Crippen molar-refractivity contribution in [3.63, 3.8) is 0 Å². The third-order valence-corrected chi connectivity index (χ3v) is 9.77. The van der Waals surface area contributed by atoms with Crippen LogP contribution in [0.25, 0.3) is 0 Å². The zero-order chi connectivity index (χ0) is 44.6. The van der Waals surface area contributed by atoms with Gasteiger partial charge in [0.15, 0.2) is 30.5 Å². The van der Waals surface area contributed by atoms with Crippen molar-refractivity contribution in [1.29, 1.82) is 0 Å². The lowest BCUT2D eigenvalue weighted by molar-refractivity contribution is -0.384. The molecular weight excluding hydrogens is 784 g/mol. The highest BCUT2D eigenvalue weighted by molar-refractivity contribution is 5.72. The highest BCUT2D eigenvalue weighted by Crippen LogP contribution is 2.42. The standard InChI is InChI=1S/C40H62O19/c1-12-21(4)15-31(46)55-34-29(18-49-24(7)41)54-39(37(57-33(48)17-23(6)14-3)36(34)56-32(47)16-22(5)13-2)59-40(20-51-26(9)43)38(53-28(11)45)35(52-27(10)44)30(58-40)19-50-25(8)42/h21-23,29-30,34-39H,12-20H2,1-11H3/t21-,22-,23-,29+,30+,34+,35+,36-,37+,38-,39+,40-/m0/s1. The van der Waals surface area contributed by atoms with Gasteiger partial charge in [-0.1, -0.05) is 60.8 Å². The molecule has 19 heteroatoms. The highest BCUT2D eigenvalue weighted by Gasteiger charge is 2.65. The summed E-state index contributed by atoms with van der Waals surface area (Å²) in [5.41, 5.74) is 0. The molecular formula is C40H62O19. The van der Waals surface area contributed by atoms with Gasteiger partial charge in [0.1, 0.15) is 32.0 Å². The van der Waals surface area contributed by atoms with Crippen LogP contribution in [-0.4, -0.2) is 122 Å². The van der Waals surface area contributed by atoms with Crippen LogP contribution in [-0.2, 0) is 90.5 Å². The van der Waals surface area contributed by atoms with Crippen LogP contribution in [0.5, 0.6) is 0 Å². The molecule has 0 aromatic rings. The number of ether oxygens (including phenoxy) is 11. The van der Waals surface area contributed by atoms with E-state index in [0.29, 0.717) is 19.3 Å². The summed E-state index contributed by atoms with van der Waals surface area (Å²) in [5.74, 6) is -9.53. The molecule has 0 bridgehead atoms. The van der Waals surface area contributed by atoms with Gasteiger partial charge in [-0.2, -0.15) is 0 Å². The quantitative estimate of drug-likeness (QED) is 0.112. The first-order valence-electron chi connectivity index (χ1n) is 20.0. The number of hydrogen-bond acceptors (Lipinski definition) is 19. The summed E-state index contributed by atoms with van der Waals surface area (Å²) in [6.07, 6.45) is -11.9. The van der Waals surface area contributed by atoms with Gasteiger partial charge in [-0.05, 0) is 17.8 Å². The molecule has 0 unspecified atom stereocenters. The minimum atomic E-state index is -2.51. The SMILES string of the molecule is CC[C@H](C)CC(=O)O[C@@H]1[C@@H](OC(=O)C[C@@H](C)CC)[C@@H](O[C@]2(COC(C)=O)O[C@H](COC(C)=O)[C@@H](OC(C)=O)[C@@H]2OC(C)=O)O[C@H](COC(C)=O)[C@H]1OC(=O)C[C@@H](C)CC. The fourth-order valence-corrected chi connectivity index (χ4v) is 6.07. The maximum Gasteiger partial charge on any atom is 0.306 e. The summed E-state index contributed by atoms with van der Waals surface area (Å²) in [6.45, 7) is 14.3. The zero-order valence-corrected chi connectivity index (χ0v) is 36.0. The second-order valence-electron chi connectivity index (χ2n) is 15.1. The van der Waals surface area contributed by atoms with E-state index in [2.05, 4.69) is 0 Å². The molecule has 12 atom stereocenters. The Balaban J connectivity index is 2.95. The molecule has 2 aliphatic heterocycles. The molecule has 0 aliphatic carbocycles. The van der Waals surface area contributed by atoms with Crippen molar-refractivity contribution < 1.29 is 90.5 Å². The second-order valence-corrected chi connectivity index (χ2v) is 15.1. The molecule has 0 N–H and O–H groups in total. The first-order chi connectivity index (χ1) is 27.6. The van der Waals surface area contributed by atoms with E-state index < -0.39 is 122 Å². The van der Waals surface area contributed by atoms with Gasteiger partial charge in [0.25, 0.3) is 0 Å². The summed E-state index contributed by atoms with van der Waals surface area (Å²) < 4.78 is 64.0. The van der Waals surface area contributed by atoms with Crippen molar-refractivity contribution in [2.75, 3.05) is 19.8 Å². The summed E-state index contributed by atoms with van der Waals surface area (Å²) >= 11 is 0. The van der Waals surface area contributed by atoms with Crippen LogP contribution >= 0.6 is 0 Å². The minimum absolute atomic E-state index is 0.0656. The Morgan fingerprint density at radius 3 is 1.36 bits per heavy atom. The van der Waals surface area contributed by atoms with E-state index in [4.69, 9.17) is 52.1 Å². The van der Waals surface area contributed by atoms with Gasteiger partial charge in [0.05, 0.1) is 0 Å². The first kappa shape index (κ1) is 50.8. The van der Waals surface area contributed by atoms with Gasteiger partial charge in [0.2, 0.25) is 12.1 Å². The number of rotatable bonds is 22. The molecule has 0 spiro atoms. The van der Waals surface area contributed by atoms with Crippen LogP contribution in [0.15, 0.2) is 0 Å². The Morgan fingerprint density at radius 1 is 0.508 bits per heavy atom. The average molecular weight is 847 g/mol. The van der Waals surface area contributed by atoms with E-state index in [-0.39, 0.29) is 37.0 Å². The highest BCUT2D eigenvalue weighted by atomic mass is 16.8. The van der Waals surface area contributed by atoms with E-state index in [0.717, 1.165) is 34.6 Å². The Hall–Kier alpha value is -4.36. The molecule has 336 valence electrons. The molecule has 2 aliphatic rings. The van der Waals surface area contributed by atoms with Crippen molar-refractivity contribution in [2.45, 2.75) is 169 Å². The molecule has 19 nitrogen and oxygen atoms in total. The normalized spacial score (nSPS) is 27.8. The molecule has 2 heterocycles. The molecule has 2 fully saturated rings. The Bertz CT molecular complexity index is 1460. The fourth-order valence-electron chi connectivity index (χ4n) is 6.07. The number of hydrogen-bond donors (Lipinski definition) is 0. The van der Waals surface area contributed by atoms with E-state index in [9.17, 15) is 38.4 Å². The van der Waals surface area contributed by atoms with Gasteiger partial charge in [0, 0.05) is 53.9 Å². The van der Waals surface area contributed by atoms with Crippen molar-refractivity contribution in [2.24, 2.45) is 17.8 Å². The number of carbonyl (C=O) groups is 8. The molecule has 2 rings (SSSR count). The lowest BCUT2D eigenvalue weighted by atomic mass is 9.96. The average Bonchev–Trinajstić information content (AvgIpc) is 3.40. The molecule has 0 saturated carbocycles. The zero-order valence-electron chi connectivity index (χ0n) is 36.0. The topological polar surface area (TPSA) is 238 Å². The van der Waals surface area contributed by atoms with Gasteiger partial charge in [-0.3, -0.25) is 38.4 Å². The smallest absolute Gasteiger partial charge is 0.306 e. The molecule has 0 amide bonds. The minimum Gasteiger partial charge on any atom is -0.463 e. The largest absolute Gasteiger partial charge is 0.463 e. The third kappa shape index (κ3) is 16.3. The summed E-state index contributed by atoms with van der Waals surface area (Å²) in [4.78, 5) is 102. The van der Waals surface area contributed by atoms with Crippen LogP contribution in [0.3, 0.4) is 0 Å². The van der Waals surface area contributed by atoms with Crippen molar-refractivity contribution in [3.05, 3.63) is 0 Å². The lowest BCUT2D eigenvalue weighted by Crippen LogP contribution is -2.66. The van der Waals surface area contributed by atoms with Crippen molar-refractivity contribution in [3.8, 4) is 0 Å². The molecule has 2 saturated heterocycles.